The van der Waals surface area contributed by atoms with E-state index in [0.29, 0.717) is 46.9 Å². The lowest BCUT2D eigenvalue weighted by atomic mass is 10.0. The Kier molecular flexibility index (Phi) is 6.80. The average Bonchev–Trinajstić information content (AvgIpc) is 3.33. The fourth-order valence-corrected chi connectivity index (χ4v) is 5.54. The zero-order valence-electron chi connectivity index (χ0n) is 18.8. The highest BCUT2D eigenvalue weighted by molar-refractivity contribution is 7.93. The van der Waals surface area contributed by atoms with E-state index < -0.39 is 32.3 Å². The first-order valence-corrected chi connectivity index (χ1v) is 13.5. The number of likely N-dealkylation sites (tertiary alicyclic amines) is 1. The van der Waals surface area contributed by atoms with Gasteiger partial charge in [-0.15, -0.1) is 0 Å². The first kappa shape index (κ1) is 25.1. The van der Waals surface area contributed by atoms with Crippen LogP contribution in [0.5, 0.6) is 11.5 Å². The lowest BCUT2D eigenvalue weighted by molar-refractivity contribution is 0.0652. The maximum Gasteiger partial charge on any atom is 0.266 e. The smallest absolute Gasteiger partial charge is 0.266 e. The number of nitrogens with one attached hydrogen (secondary N) is 1. The van der Waals surface area contributed by atoms with Gasteiger partial charge in [-0.1, -0.05) is 23.7 Å². The molecule has 1 aromatic heterocycles. The van der Waals surface area contributed by atoms with E-state index in [9.17, 15) is 22.0 Å². The summed E-state index contributed by atoms with van der Waals surface area (Å²) in [5.41, 5.74) is 1.48. The summed E-state index contributed by atoms with van der Waals surface area (Å²) in [5.74, 6) is -2.86. The number of sulfonamides is 1. The van der Waals surface area contributed by atoms with Gasteiger partial charge >= 0.3 is 0 Å². The van der Waals surface area contributed by atoms with Crippen LogP contribution in [-0.2, 0) is 10.0 Å². The minimum Gasteiger partial charge on any atom is -0.454 e. The molecule has 5 rings (SSSR count). The third kappa shape index (κ3) is 5.26. The van der Waals surface area contributed by atoms with Gasteiger partial charge < -0.3 is 9.64 Å². The van der Waals surface area contributed by atoms with Crippen LogP contribution in [0.2, 0.25) is 5.02 Å². The Morgan fingerprint density at radius 1 is 1.05 bits per heavy atom. The quantitative estimate of drug-likeness (QED) is 0.316. The number of hydrogen-bond donors (Lipinski definition) is 1. The fraction of sp³-hybridized carbons (Fsp3) is 0.125. The number of rotatable bonds is 7. The highest BCUT2D eigenvalue weighted by atomic mass is 35.5. The normalized spacial score (nSPS) is 13.2. The molecule has 1 fully saturated rings. The maximum atomic E-state index is 15.0. The molecule has 1 amide bonds. The van der Waals surface area contributed by atoms with Crippen molar-refractivity contribution in [3.8, 4) is 22.6 Å². The van der Waals surface area contributed by atoms with Crippen molar-refractivity contribution in [3.05, 3.63) is 83.1 Å². The summed E-state index contributed by atoms with van der Waals surface area (Å²) in [4.78, 5) is 17.1. The van der Waals surface area contributed by atoms with Crippen LogP contribution >= 0.6 is 23.1 Å². The molecule has 0 aliphatic carbocycles. The second-order valence-corrected chi connectivity index (χ2v) is 10.9. The highest BCUT2D eigenvalue weighted by Crippen LogP contribution is 2.38. The first-order chi connectivity index (χ1) is 17.7. The van der Waals surface area contributed by atoms with Crippen molar-refractivity contribution in [2.75, 3.05) is 17.8 Å². The third-order valence-corrected chi connectivity index (χ3v) is 7.88. The van der Waals surface area contributed by atoms with Gasteiger partial charge in [-0.2, -0.15) is 4.37 Å². The molecule has 8 nitrogen and oxygen atoms in total. The molecule has 2 heterocycles. The van der Waals surface area contributed by atoms with Gasteiger partial charge in [-0.3, -0.25) is 9.52 Å². The van der Waals surface area contributed by atoms with Crippen molar-refractivity contribution in [1.29, 1.82) is 0 Å². The second-order valence-electron chi connectivity index (χ2n) is 8.03. The molecule has 0 bridgehead atoms. The van der Waals surface area contributed by atoms with Crippen LogP contribution in [0.15, 0.2) is 65.8 Å². The lowest BCUT2D eigenvalue weighted by Crippen LogP contribution is -2.41. The number of nitrogens with zero attached hydrogens (tertiary/aromatic N) is 3. The van der Waals surface area contributed by atoms with Crippen molar-refractivity contribution in [1.82, 2.24) is 14.3 Å². The molecule has 1 saturated heterocycles. The summed E-state index contributed by atoms with van der Waals surface area (Å²) in [5, 5.41) is 0.262. The van der Waals surface area contributed by atoms with Crippen LogP contribution < -0.4 is 9.46 Å². The van der Waals surface area contributed by atoms with E-state index in [1.807, 2.05) is 4.72 Å². The summed E-state index contributed by atoms with van der Waals surface area (Å²) in [6, 6.07) is 12.5. The molecule has 0 radical (unpaired) electrons. The Bertz CT molecular complexity index is 1600. The van der Waals surface area contributed by atoms with Crippen molar-refractivity contribution < 1.29 is 26.7 Å². The molecular formula is C24H17ClF2N4O4S2. The third-order valence-electron chi connectivity index (χ3n) is 5.58. The fourth-order valence-electron chi connectivity index (χ4n) is 3.64. The zero-order valence-corrected chi connectivity index (χ0v) is 21.2. The van der Waals surface area contributed by atoms with E-state index in [-0.39, 0.29) is 16.8 Å². The molecule has 0 spiro atoms. The average molecular weight is 563 g/mol. The Morgan fingerprint density at radius 3 is 2.57 bits per heavy atom. The number of ether oxygens (including phenoxy) is 1. The van der Waals surface area contributed by atoms with Gasteiger partial charge in [0.25, 0.3) is 15.9 Å². The van der Waals surface area contributed by atoms with Crippen LogP contribution in [0, 0.1) is 11.6 Å². The summed E-state index contributed by atoms with van der Waals surface area (Å²) in [6.07, 6.45) is 2.08. The number of aromatic nitrogens is 2. The Morgan fingerprint density at radius 2 is 1.86 bits per heavy atom. The Hall–Kier alpha value is -3.61. The minimum absolute atomic E-state index is 0.0965. The highest BCUT2D eigenvalue weighted by Gasteiger charge is 2.25. The second kappa shape index (κ2) is 10.0. The molecule has 1 aliphatic rings. The van der Waals surface area contributed by atoms with Crippen LogP contribution in [0.3, 0.4) is 0 Å². The molecule has 37 heavy (non-hydrogen) atoms. The number of amides is 1. The summed E-state index contributed by atoms with van der Waals surface area (Å²) in [6.45, 7) is 1.39. The summed E-state index contributed by atoms with van der Waals surface area (Å²) in [7, 11) is -4.47. The number of anilines is 1. The largest absolute Gasteiger partial charge is 0.454 e. The van der Waals surface area contributed by atoms with Crippen molar-refractivity contribution in [3.63, 3.8) is 0 Å². The van der Waals surface area contributed by atoms with Gasteiger partial charge in [0.05, 0.1) is 0 Å². The Balaban J connectivity index is 1.47. The number of halogens is 3. The molecule has 13 heteroatoms. The van der Waals surface area contributed by atoms with E-state index in [4.69, 9.17) is 16.3 Å². The van der Waals surface area contributed by atoms with Gasteiger partial charge in [-0.25, -0.2) is 22.2 Å². The van der Waals surface area contributed by atoms with Gasteiger partial charge in [0, 0.05) is 52.9 Å². The van der Waals surface area contributed by atoms with Crippen molar-refractivity contribution >= 4 is 44.2 Å². The molecule has 1 N–H and O–H groups in total. The molecule has 1 aliphatic heterocycles. The molecule has 0 unspecified atom stereocenters. The number of hydrogen-bond acceptors (Lipinski definition) is 7. The standard InChI is InChI=1S/C24H17ClF2N4O4S2/c25-16-5-6-20(17(10-16)14-3-1-4-15(9-14)23(32)31-7-2-8-31)35-21-11-19(27)22(12-18(21)26)37(33,34)30-24-28-13-29-36-24/h1,3-6,9-13H,2,7-8H2,(H,28,29,30). The van der Waals surface area contributed by atoms with E-state index in [0.717, 1.165) is 24.3 Å². The molecule has 0 atom stereocenters. The molecule has 190 valence electrons. The van der Waals surface area contributed by atoms with E-state index in [1.54, 1.807) is 35.2 Å². The van der Waals surface area contributed by atoms with Crippen LogP contribution in [0.1, 0.15) is 16.8 Å². The van der Waals surface area contributed by atoms with Gasteiger partial charge in [0.1, 0.15) is 22.8 Å². The number of benzene rings is 3. The molecule has 0 saturated carbocycles. The maximum absolute atomic E-state index is 15.0. The van der Waals surface area contributed by atoms with E-state index in [2.05, 4.69) is 9.36 Å². The van der Waals surface area contributed by atoms with Crippen LogP contribution in [-0.4, -0.2) is 41.7 Å². The van der Waals surface area contributed by atoms with Crippen molar-refractivity contribution in [2.24, 2.45) is 0 Å². The van der Waals surface area contributed by atoms with Gasteiger partial charge in [0.15, 0.2) is 11.6 Å². The predicted molar refractivity (Wildman–Crippen MR) is 135 cm³/mol. The van der Waals surface area contributed by atoms with Gasteiger partial charge in [0.2, 0.25) is 5.13 Å². The molecule has 4 aromatic rings. The summed E-state index contributed by atoms with van der Waals surface area (Å²) < 4.78 is 66.2. The first-order valence-electron chi connectivity index (χ1n) is 10.9. The predicted octanol–water partition coefficient (Wildman–Crippen LogP) is 5.58. The van der Waals surface area contributed by atoms with Gasteiger partial charge in [-0.05, 0) is 42.3 Å². The number of carbonyl (C=O) groups excluding carboxylic acids is 1. The SMILES string of the molecule is O=C(c1cccc(-c2cc(Cl)ccc2Oc2cc(F)c(S(=O)(=O)Nc3ncns3)cc2F)c1)N1CCC1. The van der Waals surface area contributed by atoms with Crippen LogP contribution in [0.25, 0.3) is 11.1 Å². The topological polar surface area (TPSA) is 101 Å². The van der Waals surface area contributed by atoms with Crippen LogP contribution in [0.4, 0.5) is 13.9 Å². The van der Waals surface area contributed by atoms with E-state index in [1.165, 1.54) is 12.1 Å². The monoisotopic (exact) mass is 562 g/mol. The summed E-state index contributed by atoms with van der Waals surface area (Å²) >= 11 is 6.93. The minimum atomic E-state index is -4.47. The molecule has 3 aromatic carbocycles. The van der Waals surface area contributed by atoms with Crippen molar-refractivity contribution in [2.45, 2.75) is 11.3 Å². The molecular weight excluding hydrogens is 546 g/mol. The zero-order chi connectivity index (χ0) is 26.2. The van der Waals surface area contributed by atoms with E-state index >= 15 is 0 Å². The lowest BCUT2D eigenvalue weighted by Gasteiger charge is -2.31. The number of carbonyl (C=O) groups is 1. The Labute approximate surface area is 219 Å².